The summed E-state index contributed by atoms with van der Waals surface area (Å²) in [5.74, 6) is 1.24. The van der Waals surface area contributed by atoms with E-state index < -0.39 is 18.0 Å². The number of aromatic nitrogens is 3. The van der Waals surface area contributed by atoms with Crippen molar-refractivity contribution in [3.8, 4) is 17.4 Å². The second-order valence-corrected chi connectivity index (χ2v) is 8.42. The Morgan fingerprint density at radius 1 is 1.18 bits per heavy atom. The minimum Gasteiger partial charge on any atom is -0.486 e. The van der Waals surface area contributed by atoms with Gasteiger partial charge in [-0.3, -0.25) is 9.97 Å². The minimum atomic E-state index is -0.867. The molecule has 0 saturated carbocycles. The van der Waals surface area contributed by atoms with Crippen LogP contribution in [0.15, 0.2) is 30.6 Å². The number of fused-ring (bicyclic) bond motifs is 2. The summed E-state index contributed by atoms with van der Waals surface area (Å²) in [6, 6.07) is 5.41. The average Bonchev–Trinajstić information content (AvgIpc) is 2.89. The number of rotatable bonds is 7. The number of ether oxygens (including phenoxy) is 4. The first-order chi connectivity index (χ1) is 16.6. The van der Waals surface area contributed by atoms with E-state index in [1.54, 1.807) is 18.3 Å². The highest BCUT2D eigenvalue weighted by atomic mass is 19.1. The maximum absolute atomic E-state index is 14.6. The van der Waals surface area contributed by atoms with Crippen molar-refractivity contribution in [3.05, 3.63) is 47.7 Å². The Bertz CT molecular complexity index is 1160. The molecule has 1 fully saturated rings. The molecule has 3 atom stereocenters. The number of aliphatic hydroxyl groups excluding tert-OH is 1. The lowest BCUT2D eigenvalue weighted by molar-refractivity contribution is -0.0719. The second-order valence-electron chi connectivity index (χ2n) is 8.42. The molecule has 2 aliphatic rings. The zero-order chi connectivity index (χ0) is 23.5. The molecular weight excluding hydrogens is 443 g/mol. The maximum atomic E-state index is 14.6. The molecule has 180 valence electrons. The smallest absolute Gasteiger partial charge is 0.213 e. The molecule has 0 amide bonds. The molecule has 0 aliphatic carbocycles. The summed E-state index contributed by atoms with van der Waals surface area (Å²) in [6.07, 6.45) is 3.13. The molecule has 5 heterocycles. The van der Waals surface area contributed by atoms with Gasteiger partial charge in [0.25, 0.3) is 0 Å². The zero-order valence-corrected chi connectivity index (χ0v) is 18.9. The van der Waals surface area contributed by atoms with Gasteiger partial charge in [0.2, 0.25) is 5.88 Å². The lowest BCUT2D eigenvalue weighted by atomic mass is 9.96. The predicted octanol–water partition coefficient (Wildman–Crippen LogP) is 2.18. The van der Waals surface area contributed by atoms with Crippen LogP contribution >= 0.6 is 0 Å². The molecule has 10 heteroatoms. The second kappa shape index (κ2) is 10.0. The van der Waals surface area contributed by atoms with Crippen molar-refractivity contribution in [2.24, 2.45) is 0 Å². The number of aliphatic hydroxyl groups is 1. The predicted molar refractivity (Wildman–Crippen MR) is 121 cm³/mol. The summed E-state index contributed by atoms with van der Waals surface area (Å²) in [5, 5.41) is 14.3. The van der Waals surface area contributed by atoms with Gasteiger partial charge in [0.1, 0.15) is 19.0 Å². The summed E-state index contributed by atoms with van der Waals surface area (Å²) in [7, 11) is 1.50. The highest BCUT2D eigenvalue weighted by Crippen LogP contribution is 2.29. The standard InChI is InChI=1S/C24H27FN4O5/c1-31-23-5-3-18-24(29-23)16(17(25)11-28-18)9-19(30)20-4-2-14(13-34-20)26-10-15-8-21-22(12-27-15)33-7-6-32-21/h3,5,8,11-12,14,19-20,26,30H,2,4,6-7,9-10,13H2,1H3/t14-,19+,20+/m1/s1. The van der Waals surface area contributed by atoms with Crippen molar-refractivity contribution in [3.63, 3.8) is 0 Å². The van der Waals surface area contributed by atoms with E-state index in [2.05, 4.69) is 20.3 Å². The molecule has 2 N–H and O–H groups in total. The van der Waals surface area contributed by atoms with Gasteiger partial charge in [0.15, 0.2) is 11.5 Å². The molecule has 3 aromatic heterocycles. The summed E-state index contributed by atoms with van der Waals surface area (Å²) in [4.78, 5) is 12.8. The third-order valence-corrected chi connectivity index (χ3v) is 6.16. The molecule has 0 unspecified atom stereocenters. The number of hydrogen-bond donors (Lipinski definition) is 2. The molecule has 2 aliphatic heterocycles. The van der Waals surface area contributed by atoms with Crippen LogP contribution in [0, 0.1) is 5.82 Å². The van der Waals surface area contributed by atoms with Gasteiger partial charge in [-0.15, -0.1) is 0 Å². The van der Waals surface area contributed by atoms with Crippen molar-refractivity contribution >= 4 is 11.0 Å². The van der Waals surface area contributed by atoms with Crippen LogP contribution in [0.3, 0.4) is 0 Å². The first-order valence-corrected chi connectivity index (χ1v) is 11.4. The summed E-state index contributed by atoms with van der Waals surface area (Å²) in [6.45, 7) is 2.08. The van der Waals surface area contributed by atoms with Gasteiger partial charge in [0, 0.05) is 36.7 Å². The molecule has 9 nitrogen and oxygen atoms in total. The molecule has 0 bridgehead atoms. The molecule has 0 spiro atoms. The molecule has 5 rings (SSSR count). The zero-order valence-electron chi connectivity index (χ0n) is 18.9. The lowest BCUT2D eigenvalue weighted by Gasteiger charge is -2.32. The van der Waals surface area contributed by atoms with Crippen LogP contribution < -0.4 is 19.5 Å². The highest BCUT2D eigenvalue weighted by molar-refractivity contribution is 5.78. The Labute approximate surface area is 196 Å². The fraction of sp³-hybridized carbons (Fsp3) is 0.458. The highest BCUT2D eigenvalue weighted by Gasteiger charge is 2.29. The monoisotopic (exact) mass is 470 g/mol. The first-order valence-electron chi connectivity index (χ1n) is 11.4. The topological polar surface area (TPSA) is 108 Å². The van der Waals surface area contributed by atoms with Crippen LogP contribution in [-0.4, -0.2) is 65.2 Å². The van der Waals surface area contributed by atoms with E-state index in [9.17, 15) is 9.50 Å². The van der Waals surface area contributed by atoms with Crippen LogP contribution in [0.25, 0.3) is 11.0 Å². The van der Waals surface area contributed by atoms with Crippen molar-refractivity contribution in [2.75, 3.05) is 26.9 Å². The molecule has 1 saturated heterocycles. The summed E-state index contributed by atoms with van der Waals surface area (Å²) in [5.41, 5.74) is 2.10. The Morgan fingerprint density at radius 2 is 2.03 bits per heavy atom. The number of methoxy groups -OCH3 is 1. The number of pyridine rings is 3. The molecule has 0 radical (unpaired) electrons. The SMILES string of the molecule is COc1ccc2ncc(F)c(C[C@H](O)[C@@H]3CC[C@@H](NCc4cc5c(cn4)OCCO5)CO3)c2n1. The van der Waals surface area contributed by atoms with Crippen molar-refractivity contribution in [1.82, 2.24) is 20.3 Å². The van der Waals surface area contributed by atoms with Crippen LogP contribution in [0.1, 0.15) is 24.1 Å². The van der Waals surface area contributed by atoms with Crippen LogP contribution in [0.5, 0.6) is 17.4 Å². The van der Waals surface area contributed by atoms with E-state index >= 15 is 0 Å². The van der Waals surface area contributed by atoms with Crippen molar-refractivity contribution < 1.29 is 28.4 Å². The van der Waals surface area contributed by atoms with Crippen LogP contribution in [-0.2, 0) is 17.7 Å². The van der Waals surface area contributed by atoms with E-state index in [0.717, 1.165) is 18.3 Å². The maximum Gasteiger partial charge on any atom is 0.213 e. The number of halogens is 1. The van der Waals surface area contributed by atoms with Crippen LogP contribution in [0.4, 0.5) is 4.39 Å². The molecule has 0 aromatic carbocycles. The number of nitrogens with zero attached hydrogens (tertiary/aromatic N) is 3. The van der Waals surface area contributed by atoms with Gasteiger partial charge in [0.05, 0.1) is 55.0 Å². The van der Waals surface area contributed by atoms with Crippen LogP contribution in [0.2, 0.25) is 0 Å². The van der Waals surface area contributed by atoms with Gasteiger partial charge < -0.3 is 29.4 Å². The minimum absolute atomic E-state index is 0.0783. The third kappa shape index (κ3) is 4.89. The Hall–Kier alpha value is -3.08. The summed E-state index contributed by atoms with van der Waals surface area (Å²) >= 11 is 0. The quantitative estimate of drug-likeness (QED) is 0.537. The van der Waals surface area contributed by atoms with Crippen molar-refractivity contribution in [1.29, 1.82) is 0 Å². The molecular formula is C24H27FN4O5. The van der Waals surface area contributed by atoms with Gasteiger partial charge in [-0.25, -0.2) is 9.37 Å². The van der Waals surface area contributed by atoms with Gasteiger partial charge in [-0.1, -0.05) is 0 Å². The van der Waals surface area contributed by atoms with Gasteiger partial charge in [-0.2, -0.15) is 0 Å². The van der Waals surface area contributed by atoms with Crippen molar-refractivity contribution in [2.45, 2.75) is 44.1 Å². The van der Waals surface area contributed by atoms with E-state index in [0.29, 0.717) is 66.8 Å². The average molecular weight is 471 g/mol. The Balaban J connectivity index is 1.16. The Morgan fingerprint density at radius 3 is 2.82 bits per heavy atom. The van der Waals surface area contributed by atoms with E-state index in [4.69, 9.17) is 18.9 Å². The Kier molecular flexibility index (Phi) is 6.70. The van der Waals surface area contributed by atoms with Gasteiger partial charge >= 0.3 is 0 Å². The van der Waals surface area contributed by atoms with E-state index in [-0.39, 0.29) is 12.5 Å². The fourth-order valence-electron chi connectivity index (χ4n) is 4.30. The summed E-state index contributed by atoms with van der Waals surface area (Å²) < 4.78 is 36.8. The molecule has 34 heavy (non-hydrogen) atoms. The molecule has 3 aromatic rings. The number of hydrogen-bond acceptors (Lipinski definition) is 9. The van der Waals surface area contributed by atoms with E-state index in [1.807, 2.05) is 6.07 Å². The fourth-order valence-corrected chi connectivity index (χ4v) is 4.30. The third-order valence-electron chi connectivity index (χ3n) is 6.16. The van der Waals surface area contributed by atoms with E-state index in [1.165, 1.54) is 7.11 Å². The van der Waals surface area contributed by atoms with Gasteiger partial charge in [-0.05, 0) is 18.9 Å². The normalized spacial score (nSPS) is 20.8. The first kappa shape index (κ1) is 22.7. The number of nitrogens with one attached hydrogen (secondary N) is 1. The lowest BCUT2D eigenvalue weighted by Crippen LogP contribution is -2.44. The largest absolute Gasteiger partial charge is 0.486 e.